The molecule has 9 heteroatoms. The highest BCUT2D eigenvalue weighted by atomic mass is 127. The number of benzene rings is 1. The Kier molecular flexibility index (Phi) is 8.01. The van der Waals surface area contributed by atoms with E-state index in [0.29, 0.717) is 32.0 Å². The molecule has 3 N–H and O–H groups in total. The Bertz CT molecular complexity index is 765. The van der Waals surface area contributed by atoms with Crippen molar-refractivity contribution in [2.24, 2.45) is 12.0 Å². The monoisotopic (exact) mass is 483 g/mol. The maximum atomic E-state index is 11.4. The van der Waals surface area contributed by atoms with Crippen LogP contribution in [0.1, 0.15) is 30.1 Å². The van der Waals surface area contributed by atoms with Gasteiger partial charge in [0.05, 0.1) is 13.1 Å². The Morgan fingerprint density at radius 3 is 2.74 bits per heavy atom. The normalized spacial score (nSPS) is 17.0. The fraction of sp³-hybridized carbons (Fsp3) is 0.444. The van der Waals surface area contributed by atoms with Crippen LogP contribution < -0.4 is 16.0 Å². The van der Waals surface area contributed by atoms with Gasteiger partial charge in [0.2, 0.25) is 5.91 Å². The number of nitrogens with one attached hydrogen (secondary N) is 3. The lowest BCUT2D eigenvalue weighted by molar-refractivity contribution is -0.122. The van der Waals surface area contributed by atoms with Gasteiger partial charge in [-0.05, 0) is 18.9 Å². The van der Waals surface area contributed by atoms with Gasteiger partial charge >= 0.3 is 0 Å². The van der Waals surface area contributed by atoms with Gasteiger partial charge in [-0.2, -0.15) is 0 Å². The number of hydrogen-bond donors (Lipinski definition) is 3. The van der Waals surface area contributed by atoms with Crippen molar-refractivity contribution in [2.75, 3.05) is 6.54 Å². The number of carbonyl (C=O) groups is 1. The highest BCUT2D eigenvalue weighted by molar-refractivity contribution is 14.0. The van der Waals surface area contributed by atoms with Gasteiger partial charge in [-0.3, -0.25) is 4.79 Å². The van der Waals surface area contributed by atoms with Crippen molar-refractivity contribution in [3.05, 3.63) is 47.5 Å². The van der Waals surface area contributed by atoms with Gasteiger partial charge in [-0.15, -0.1) is 34.2 Å². The third kappa shape index (κ3) is 6.19. The second kappa shape index (κ2) is 10.2. The van der Waals surface area contributed by atoms with Gasteiger partial charge in [0, 0.05) is 26.1 Å². The van der Waals surface area contributed by atoms with Gasteiger partial charge in [-0.1, -0.05) is 30.3 Å². The summed E-state index contributed by atoms with van der Waals surface area (Å²) in [5.41, 5.74) is 1.14. The van der Waals surface area contributed by atoms with Crippen molar-refractivity contribution >= 4 is 35.8 Å². The number of rotatable bonds is 5. The molecule has 1 aromatic heterocycles. The van der Waals surface area contributed by atoms with E-state index >= 15 is 0 Å². The quantitative estimate of drug-likeness (QED) is 0.338. The summed E-state index contributed by atoms with van der Waals surface area (Å²) in [4.78, 5) is 16.0. The number of guanidine groups is 1. The molecule has 1 unspecified atom stereocenters. The van der Waals surface area contributed by atoms with E-state index in [9.17, 15) is 4.79 Å². The molecule has 1 aliphatic rings. The minimum Gasteiger partial charge on any atom is -0.354 e. The molecule has 1 amide bonds. The van der Waals surface area contributed by atoms with Gasteiger partial charge in [-0.25, -0.2) is 4.99 Å². The first kappa shape index (κ1) is 21.1. The molecule has 2 heterocycles. The first-order chi connectivity index (χ1) is 12.6. The van der Waals surface area contributed by atoms with Crippen LogP contribution in [0.2, 0.25) is 0 Å². The summed E-state index contributed by atoms with van der Waals surface area (Å²) >= 11 is 0. The summed E-state index contributed by atoms with van der Waals surface area (Å²) < 4.78 is 1.95. The predicted octanol–water partition coefficient (Wildman–Crippen LogP) is 1.26. The van der Waals surface area contributed by atoms with E-state index in [1.165, 1.54) is 0 Å². The molecule has 3 rings (SSSR count). The maximum absolute atomic E-state index is 11.4. The van der Waals surface area contributed by atoms with Gasteiger partial charge in [0.25, 0.3) is 0 Å². The zero-order chi connectivity index (χ0) is 18.4. The third-order valence-corrected chi connectivity index (χ3v) is 4.47. The van der Waals surface area contributed by atoms with E-state index in [-0.39, 0.29) is 35.9 Å². The Morgan fingerprint density at radius 2 is 2.11 bits per heavy atom. The fourth-order valence-electron chi connectivity index (χ4n) is 2.72. The largest absolute Gasteiger partial charge is 0.354 e. The van der Waals surface area contributed by atoms with Crippen LogP contribution >= 0.6 is 24.0 Å². The molecule has 1 fully saturated rings. The average molecular weight is 483 g/mol. The summed E-state index contributed by atoms with van der Waals surface area (Å²) in [6, 6.07) is 10.3. The molecule has 146 valence electrons. The summed E-state index contributed by atoms with van der Waals surface area (Å²) in [7, 11) is 1.94. The van der Waals surface area contributed by atoms with Gasteiger partial charge in [0.15, 0.2) is 11.8 Å². The van der Waals surface area contributed by atoms with Gasteiger partial charge < -0.3 is 20.5 Å². The third-order valence-electron chi connectivity index (χ3n) is 4.47. The minimum atomic E-state index is 0. The fourth-order valence-corrected chi connectivity index (χ4v) is 2.72. The topological polar surface area (TPSA) is 96.2 Å². The lowest BCUT2D eigenvalue weighted by atomic mass is 10.1. The van der Waals surface area contributed by atoms with E-state index in [1.54, 1.807) is 0 Å². The van der Waals surface area contributed by atoms with Crippen molar-refractivity contribution < 1.29 is 4.79 Å². The van der Waals surface area contributed by atoms with Crippen LogP contribution in [0, 0.1) is 6.92 Å². The van der Waals surface area contributed by atoms with Crippen LogP contribution in [-0.4, -0.2) is 39.2 Å². The molecule has 1 aliphatic heterocycles. The van der Waals surface area contributed by atoms with E-state index in [1.807, 2.05) is 48.9 Å². The molecule has 0 spiro atoms. The van der Waals surface area contributed by atoms with Crippen LogP contribution in [0.15, 0.2) is 35.3 Å². The number of amides is 1. The summed E-state index contributed by atoms with van der Waals surface area (Å²) in [6.45, 7) is 3.63. The lowest BCUT2D eigenvalue weighted by Gasteiger charge is -2.25. The van der Waals surface area contributed by atoms with Crippen LogP contribution in [0.4, 0.5) is 0 Å². The molecule has 2 aromatic rings. The van der Waals surface area contributed by atoms with Crippen LogP contribution in [0.3, 0.4) is 0 Å². The number of halogens is 1. The average Bonchev–Trinajstić information content (AvgIpc) is 2.98. The molecule has 27 heavy (non-hydrogen) atoms. The Labute approximate surface area is 176 Å². The van der Waals surface area contributed by atoms with Crippen LogP contribution in [0.25, 0.3) is 0 Å². The SMILES string of the molecule is Cc1nnc(CNC(=NCc2ccccc2)NC2CCC(=O)NC2)n1C.I. The highest BCUT2D eigenvalue weighted by Gasteiger charge is 2.19. The molecular weight excluding hydrogens is 457 g/mol. The first-order valence-electron chi connectivity index (χ1n) is 8.82. The standard InChI is InChI=1S/C18H25N7O.HI/c1-13-23-24-16(25(13)2)12-21-18(20-10-14-6-4-3-5-7-14)22-15-8-9-17(26)19-11-15;/h3-7,15H,8-12H2,1-2H3,(H,19,26)(H2,20,21,22);1H. The molecule has 0 bridgehead atoms. The summed E-state index contributed by atoms with van der Waals surface area (Å²) in [5.74, 6) is 2.52. The molecule has 0 radical (unpaired) electrons. The Hall–Kier alpha value is -2.17. The number of aromatic nitrogens is 3. The van der Waals surface area contributed by atoms with Crippen LogP contribution in [0.5, 0.6) is 0 Å². The maximum Gasteiger partial charge on any atom is 0.220 e. The lowest BCUT2D eigenvalue weighted by Crippen LogP contribution is -2.51. The van der Waals surface area contributed by atoms with Crippen molar-refractivity contribution in [1.29, 1.82) is 0 Å². The minimum absolute atomic E-state index is 0. The van der Waals surface area contributed by atoms with Gasteiger partial charge in [0.1, 0.15) is 5.82 Å². The zero-order valence-corrected chi connectivity index (χ0v) is 17.9. The van der Waals surface area contributed by atoms with E-state index in [2.05, 4.69) is 31.1 Å². The van der Waals surface area contributed by atoms with Crippen molar-refractivity contribution in [3.63, 3.8) is 0 Å². The summed E-state index contributed by atoms with van der Waals surface area (Å²) in [6.07, 6.45) is 1.33. The summed E-state index contributed by atoms with van der Waals surface area (Å²) in [5, 5.41) is 17.9. The molecule has 1 saturated heterocycles. The van der Waals surface area contributed by atoms with Crippen molar-refractivity contribution in [1.82, 2.24) is 30.7 Å². The Balaban J connectivity index is 0.00000261. The number of carbonyl (C=O) groups excluding carboxylic acids is 1. The molecule has 0 aliphatic carbocycles. The number of aryl methyl sites for hydroxylation is 1. The second-order valence-corrected chi connectivity index (χ2v) is 6.41. The number of piperidine rings is 1. The molecular formula is C18H26IN7O. The number of hydrogen-bond acceptors (Lipinski definition) is 4. The number of aliphatic imine (C=N–C) groups is 1. The van der Waals surface area contributed by atoms with E-state index < -0.39 is 0 Å². The van der Waals surface area contributed by atoms with E-state index in [0.717, 1.165) is 23.6 Å². The molecule has 1 aromatic carbocycles. The second-order valence-electron chi connectivity index (χ2n) is 6.41. The molecule has 1 atom stereocenters. The Morgan fingerprint density at radius 1 is 1.33 bits per heavy atom. The number of nitrogens with zero attached hydrogens (tertiary/aromatic N) is 4. The first-order valence-corrected chi connectivity index (χ1v) is 8.82. The molecule has 0 saturated carbocycles. The van der Waals surface area contributed by atoms with Crippen molar-refractivity contribution in [3.8, 4) is 0 Å². The smallest absolute Gasteiger partial charge is 0.220 e. The predicted molar refractivity (Wildman–Crippen MR) is 115 cm³/mol. The highest BCUT2D eigenvalue weighted by Crippen LogP contribution is 2.04. The van der Waals surface area contributed by atoms with Crippen molar-refractivity contribution in [2.45, 2.75) is 38.9 Å². The molecule has 8 nitrogen and oxygen atoms in total. The van der Waals surface area contributed by atoms with Crippen LogP contribution in [-0.2, 0) is 24.9 Å². The van der Waals surface area contributed by atoms with E-state index in [4.69, 9.17) is 0 Å². The zero-order valence-electron chi connectivity index (χ0n) is 15.6.